The van der Waals surface area contributed by atoms with Gasteiger partial charge in [0.1, 0.15) is 0 Å². The molecule has 1 saturated heterocycles. The van der Waals surface area contributed by atoms with Crippen LogP contribution in [-0.2, 0) is 4.79 Å². The molecule has 0 aromatic heterocycles. The molecule has 0 amide bonds. The zero-order valence-electron chi connectivity index (χ0n) is 11.0. The van der Waals surface area contributed by atoms with Crippen LogP contribution >= 0.6 is 0 Å². The lowest BCUT2D eigenvalue weighted by Gasteiger charge is -2.31. The molecule has 1 fully saturated rings. The van der Waals surface area contributed by atoms with Crippen molar-refractivity contribution in [2.75, 3.05) is 13.1 Å². The quantitative estimate of drug-likeness (QED) is 0.785. The van der Waals surface area contributed by atoms with Crippen molar-refractivity contribution in [1.29, 1.82) is 0 Å². The second-order valence-electron chi connectivity index (χ2n) is 6.11. The van der Waals surface area contributed by atoms with Crippen molar-refractivity contribution < 1.29 is 9.90 Å². The Hall–Kier alpha value is -0.570. The van der Waals surface area contributed by atoms with Crippen LogP contribution in [0.15, 0.2) is 0 Å². The summed E-state index contributed by atoms with van der Waals surface area (Å²) in [6.45, 7) is 11.0. The lowest BCUT2D eigenvalue weighted by molar-refractivity contribution is -0.138. The molecular weight excluding hydrogens is 202 g/mol. The third-order valence-corrected chi connectivity index (χ3v) is 3.56. The molecule has 0 radical (unpaired) electrons. The van der Waals surface area contributed by atoms with E-state index in [0.717, 1.165) is 19.5 Å². The van der Waals surface area contributed by atoms with E-state index in [0.29, 0.717) is 18.3 Å². The third kappa shape index (κ3) is 3.78. The van der Waals surface area contributed by atoms with E-state index in [-0.39, 0.29) is 5.54 Å². The van der Waals surface area contributed by atoms with Gasteiger partial charge >= 0.3 is 5.97 Å². The van der Waals surface area contributed by atoms with Gasteiger partial charge in [0.25, 0.3) is 0 Å². The minimum atomic E-state index is -0.661. The Morgan fingerprint density at radius 2 is 2.12 bits per heavy atom. The van der Waals surface area contributed by atoms with Gasteiger partial charge in [0.15, 0.2) is 0 Å². The molecule has 3 heteroatoms. The monoisotopic (exact) mass is 227 g/mol. The fraction of sp³-hybridized carbons (Fsp3) is 0.923. The van der Waals surface area contributed by atoms with Crippen LogP contribution in [0.3, 0.4) is 0 Å². The largest absolute Gasteiger partial charge is 0.481 e. The molecule has 0 aromatic rings. The number of aliphatic carboxylic acids is 1. The molecule has 0 saturated carbocycles. The number of nitrogens with zero attached hydrogens (tertiary/aromatic N) is 1. The van der Waals surface area contributed by atoms with Crippen molar-refractivity contribution in [3.63, 3.8) is 0 Å². The fourth-order valence-corrected chi connectivity index (χ4v) is 2.65. The number of hydrogen-bond donors (Lipinski definition) is 1. The van der Waals surface area contributed by atoms with Crippen molar-refractivity contribution >= 4 is 5.97 Å². The van der Waals surface area contributed by atoms with Gasteiger partial charge in [0, 0.05) is 18.5 Å². The van der Waals surface area contributed by atoms with Crippen LogP contribution in [0.25, 0.3) is 0 Å². The number of carbonyl (C=O) groups is 1. The predicted molar refractivity (Wildman–Crippen MR) is 65.5 cm³/mol. The molecule has 3 nitrogen and oxygen atoms in total. The molecular formula is C13H25NO2. The SMILES string of the molecule is CC(C)CCN1CC(CC(=O)O)CC1(C)C. The maximum Gasteiger partial charge on any atom is 0.303 e. The first-order valence-electron chi connectivity index (χ1n) is 6.28. The van der Waals surface area contributed by atoms with Crippen LogP contribution < -0.4 is 0 Å². The second-order valence-corrected chi connectivity index (χ2v) is 6.11. The third-order valence-electron chi connectivity index (χ3n) is 3.56. The average Bonchev–Trinajstić information content (AvgIpc) is 2.35. The van der Waals surface area contributed by atoms with Gasteiger partial charge in [-0.15, -0.1) is 0 Å². The van der Waals surface area contributed by atoms with Crippen molar-refractivity contribution in [3.05, 3.63) is 0 Å². The van der Waals surface area contributed by atoms with E-state index >= 15 is 0 Å². The molecule has 0 aromatic carbocycles. The molecule has 1 atom stereocenters. The van der Waals surface area contributed by atoms with Crippen LogP contribution in [0, 0.1) is 11.8 Å². The first-order chi connectivity index (χ1) is 7.31. The van der Waals surface area contributed by atoms with Gasteiger partial charge in [0.2, 0.25) is 0 Å². The van der Waals surface area contributed by atoms with E-state index < -0.39 is 5.97 Å². The van der Waals surface area contributed by atoms with E-state index in [4.69, 9.17) is 5.11 Å². The minimum absolute atomic E-state index is 0.176. The molecule has 1 N–H and O–H groups in total. The van der Waals surface area contributed by atoms with E-state index in [1.165, 1.54) is 6.42 Å². The first-order valence-corrected chi connectivity index (χ1v) is 6.28. The highest BCUT2D eigenvalue weighted by atomic mass is 16.4. The standard InChI is InChI=1S/C13H25NO2/c1-10(2)5-6-14-9-11(7-12(15)16)8-13(14,3)4/h10-11H,5-9H2,1-4H3,(H,15,16). The van der Waals surface area contributed by atoms with E-state index in [1.54, 1.807) is 0 Å². The summed E-state index contributed by atoms with van der Waals surface area (Å²) in [4.78, 5) is 13.2. The first kappa shape index (κ1) is 13.5. The van der Waals surface area contributed by atoms with E-state index in [1.807, 2.05) is 0 Å². The Kier molecular flexibility index (Phi) is 4.36. The summed E-state index contributed by atoms with van der Waals surface area (Å²) in [5, 5.41) is 8.83. The number of hydrogen-bond acceptors (Lipinski definition) is 2. The Morgan fingerprint density at radius 3 is 2.62 bits per heavy atom. The predicted octanol–water partition coefficient (Wildman–Crippen LogP) is 2.61. The second kappa shape index (κ2) is 5.17. The molecule has 1 aliphatic heterocycles. The lowest BCUT2D eigenvalue weighted by atomic mass is 9.94. The molecule has 16 heavy (non-hydrogen) atoms. The van der Waals surface area contributed by atoms with Crippen LogP contribution in [0.1, 0.15) is 47.0 Å². The summed E-state index contributed by atoms with van der Waals surface area (Å²) < 4.78 is 0. The van der Waals surface area contributed by atoms with Gasteiger partial charge in [-0.05, 0) is 45.1 Å². The van der Waals surface area contributed by atoms with Crippen LogP contribution in [0.4, 0.5) is 0 Å². The highest BCUT2D eigenvalue weighted by Gasteiger charge is 2.38. The lowest BCUT2D eigenvalue weighted by Crippen LogP contribution is -2.39. The Balaban J connectivity index is 2.48. The molecule has 1 heterocycles. The normalized spacial score (nSPS) is 25.2. The van der Waals surface area contributed by atoms with Gasteiger partial charge in [-0.3, -0.25) is 9.69 Å². The summed E-state index contributed by atoms with van der Waals surface area (Å²) in [5.74, 6) is 0.389. The summed E-state index contributed by atoms with van der Waals surface area (Å²) >= 11 is 0. The number of carboxylic acids is 1. The van der Waals surface area contributed by atoms with Gasteiger partial charge in [-0.1, -0.05) is 13.8 Å². The highest BCUT2D eigenvalue weighted by Crippen LogP contribution is 2.34. The summed E-state index contributed by atoms with van der Waals surface area (Å²) in [6.07, 6.45) is 2.53. The van der Waals surface area contributed by atoms with Crippen molar-refractivity contribution in [2.45, 2.75) is 52.5 Å². The maximum absolute atomic E-state index is 10.7. The molecule has 94 valence electrons. The summed E-state index contributed by atoms with van der Waals surface area (Å²) in [7, 11) is 0. The van der Waals surface area contributed by atoms with Crippen molar-refractivity contribution in [2.24, 2.45) is 11.8 Å². The Bertz CT molecular complexity index is 248. The van der Waals surface area contributed by atoms with Crippen LogP contribution in [-0.4, -0.2) is 34.6 Å². The summed E-state index contributed by atoms with van der Waals surface area (Å²) in [6, 6.07) is 0. The smallest absolute Gasteiger partial charge is 0.303 e. The molecule has 1 unspecified atom stereocenters. The number of rotatable bonds is 5. The van der Waals surface area contributed by atoms with Crippen LogP contribution in [0.2, 0.25) is 0 Å². The molecule has 0 spiro atoms. The molecule has 0 aliphatic carbocycles. The fourth-order valence-electron chi connectivity index (χ4n) is 2.65. The zero-order chi connectivity index (χ0) is 12.3. The van der Waals surface area contributed by atoms with Crippen molar-refractivity contribution in [1.82, 2.24) is 4.90 Å². The van der Waals surface area contributed by atoms with Gasteiger partial charge in [0.05, 0.1) is 0 Å². The minimum Gasteiger partial charge on any atom is -0.481 e. The zero-order valence-corrected chi connectivity index (χ0v) is 11.0. The molecule has 0 bridgehead atoms. The molecule has 1 aliphatic rings. The Morgan fingerprint density at radius 1 is 1.50 bits per heavy atom. The van der Waals surface area contributed by atoms with Gasteiger partial charge in [-0.2, -0.15) is 0 Å². The highest BCUT2D eigenvalue weighted by molar-refractivity contribution is 5.67. The van der Waals surface area contributed by atoms with E-state index in [2.05, 4.69) is 32.6 Å². The summed E-state index contributed by atoms with van der Waals surface area (Å²) in [5.41, 5.74) is 0.176. The number of carboxylic acid groups (broad SMARTS) is 1. The maximum atomic E-state index is 10.7. The van der Waals surface area contributed by atoms with Crippen LogP contribution in [0.5, 0.6) is 0 Å². The molecule has 1 rings (SSSR count). The van der Waals surface area contributed by atoms with Gasteiger partial charge < -0.3 is 5.11 Å². The number of likely N-dealkylation sites (tertiary alicyclic amines) is 1. The average molecular weight is 227 g/mol. The van der Waals surface area contributed by atoms with E-state index in [9.17, 15) is 4.79 Å². The Labute approximate surface area is 98.8 Å². The van der Waals surface area contributed by atoms with Gasteiger partial charge in [-0.25, -0.2) is 0 Å². The topological polar surface area (TPSA) is 40.5 Å². The van der Waals surface area contributed by atoms with Crippen molar-refractivity contribution in [3.8, 4) is 0 Å².